The molecule has 2 aromatic carbocycles. The van der Waals surface area contributed by atoms with Gasteiger partial charge in [-0.1, -0.05) is 31.6 Å². The summed E-state index contributed by atoms with van der Waals surface area (Å²) in [5.41, 5.74) is 1.25. The summed E-state index contributed by atoms with van der Waals surface area (Å²) in [4.78, 5) is 11.9. The monoisotopic (exact) mass is 368 g/mol. The van der Waals surface area contributed by atoms with Gasteiger partial charge in [-0.05, 0) is 36.5 Å². The first kappa shape index (κ1) is 17.3. The molecular weight excluding hydrogens is 348 g/mol. The summed E-state index contributed by atoms with van der Waals surface area (Å²) in [7, 11) is 0. The summed E-state index contributed by atoms with van der Waals surface area (Å²) in [6.45, 7) is 3.76. The molecule has 0 radical (unpaired) electrons. The highest BCUT2D eigenvalue weighted by atomic mass is 16.5. The fourth-order valence-electron chi connectivity index (χ4n) is 4.22. The molecule has 0 spiro atoms. The SMILES string of the molecule is C=c1ccc2c(c1O)Oc1c(ccc(O)c1O)C=2C1CCCCC1C(=O)O. The molecule has 0 saturated heterocycles. The van der Waals surface area contributed by atoms with Crippen LogP contribution < -0.4 is 15.2 Å². The average molecular weight is 368 g/mol. The number of hydrogen-bond donors (Lipinski definition) is 4. The molecule has 4 N–H and O–H groups in total. The Kier molecular flexibility index (Phi) is 3.98. The Bertz CT molecular complexity index is 1060. The molecule has 4 rings (SSSR count). The molecule has 1 fully saturated rings. The van der Waals surface area contributed by atoms with E-state index in [1.54, 1.807) is 18.2 Å². The Morgan fingerprint density at radius 3 is 2.48 bits per heavy atom. The second kappa shape index (κ2) is 6.23. The van der Waals surface area contributed by atoms with E-state index >= 15 is 0 Å². The minimum absolute atomic E-state index is 0.0214. The number of benzene rings is 2. The molecule has 2 atom stereocenters. The maximum Gasteiger partial charge on any atom is 0.307 e. The number of carboxylic acid groups (broad SMARTS) is 1. The van der Waals surface area contributed by atoms with Crippen LogP contribution in [0.3, 0.4) is 0 Å². The maximum absolute atomic E-state index is 11.9. The third kappa shape index (κ3) is 2.60. The molecule has 2 aromatic rings. The first-order chi connectivity index (χ1) is 12.9. The predicted molar refractivity (Wildman–Crippen MR) is 98.3 cm³/mol. The largest absolute Gasteiger partial charge is 0.504 e. The summed E-state index contributed by atoms with van der Waals surface area (Å²) in [6, 6.07) is 6.39. The van der Waals surface area contributed by atoms with E-state index in [1.807, 2.05) is 0 Å². The lowest BCUT2D eigenvalue weighted by Crippen LogP contribution is -2.32. The van der Waals surface area contributed by atoms with E-state index in [4.69, 9.17) is 4.74 Å². The van der Waals surface area contributed by atoms with Crippen molar-refractivity contribution in [2.75, 3.05) is 0 Å². The molecule has 0 amide bonds. The van der Waals surface area contributed by atoms with E-state index in [2.05, 4.69) is 6.58 Å². The molecule has 2 unspecified atom stereocenters. The molecule has 27 heavy (non-hydrogen) atoms. The van der Waals surface area contributed by atoms with Crippen molar-refractivity contribution in [3.63, 3.8) is 0 Å². The van der Waals surface area contributed by atoms with E-state index < -0.39 is 17.6 Å². The zero-order valence-electron chi connectivity index (χ0n) is 14.6. The van der Waals surface area contributed by atoms with Crippen molar-refractivity contribution in [3.8, 4) is 28.7 Å². The number of phenols is 3. The van der Waals surface area contributed by atoms with E-state index in [9.17, 15) is 25.2 Å². The van der Waals surface area contributed by atoms with Gasteiger partial charge in [0.1, 0.15) is 0 Å². The Morgan fingerprint density at radius 2 is 1.74 bits per heavy atom. The number of fused-ring (bicyclic) bond motifs is 2. The Hall–Kier alpha value is -3.15. The highest BCUT2D eigenvalue weighted by molar-refractivity contribution is 5.83. The second-order valence-electron chi connectivity index (χ2n) is 7.11. The third-order valence-electron chi connectivity index (χ3n) is 5.56. The Balaban J connectivity index is 2.07. The Labute approximate surface area is 155 Å². The van der Waals surface area contributed by atoms with Crippen LogP contribution in [0.4, 0.5) is 0 Å². The highest BCUT2D eigenvalue weighted by Crippen LogP contribution is 2.50. The van der Waals surface area contributed by atoms with Crippen LogP contribution in [0.1, 0.15) is 31.2 Å². The topological polar surface area (TPSA) is 107 Å². The van der Waals surface area contributed by atoms with Crippen LogP contribution in [0.25, 0.3) is 12.2 Å². The molecule has 0 aromatic heterocycles. The first-order valence-corrected chi connectivity index (χ1v) is 8.91. The van der Waals surface area contributed by atoms with Gasteiger partial charge < -0.3 is 25.2 Å². The van der Waals surface area contributed by atoms with Gasteiger partial charge in [0, 0.05) is 16.0 Å². The molecule has 1 saturated carbocycles. The molecule has 0 bridgehead atoms. The fraction of sp³-hybridized carbons (Fsp3) is 0.286. The summed E-state index contributed by atoms with van der Waals surface area (Å²) >= 11 is 0. The number of rotatable bonds is 2. The minimum Gasteiger partial charge on any atom is -0.504 e. The lowest BCUT2D eigenvalue weighted by molar-refractivity contribution is -0.143. The smallest absolute Gasteiger partial charge is 0.307 e. The van der Waals surface area contributed by atoms with Gasteiger partial charge in [-0.15, -0.1) is 0 Å². The molecule has 1 aliphatic heterocycles. The zero-order chi connectivity index (χ0) is 19.3. The molecule has 1 aliphatic carbocycles. The number of ether oxygens (including phenoxy) is 1. The summed E-state index contributed by atoms with van der Waals surface area (Å²) in [5.74, 6) is -2.52. The molecule has 6 nitrogen and oxygen atoms in total. The summed E-state index contributed by atoms with van der Waals surface area (Å²) < 4.78 is 5.75. The zero-order valence-corrected chi connectivity index (χ0v) is 14.6. The number of carbonyl (C=O) groups is 1. The van der Waals surface area contributed by atoms with Gasteiger partial charge in [-0.2, -0.15) is 0 Å². The van der Waals surface area contributed by atoms with Crippen molar-refractivity contribution >= 4 is 18.1 Å². The van der Waals surface area contributed by atoms with E-state index in [-0.39, 0.29) is 28.9 Å². The summed E-state index contributed by atoms with van der Waals surface area (Å²) in [5, 5.41) is 41.3. The number of hydrogen-bond acceptors (Lipinski definition) is 5. The van der Waals surface area contributed by atoms with Gasteiger partial charge in [0.15, 0.2) is 23.0 Å². The number of phenolic OH excluding ortho intramolecular Hbond substituents is 3. The van der Waals surface area contributed by atoms with Crippen LogP contribution >= 0.6 is 0 Å². The number of aromatic hydroxyl groups is 3. The molecular formula is C21H20O6. The molecule has 6 heteroatoms. The van der Waals surface area contributed by atoms with Gasteiger partial charge in [-0.25, -0.2) is 0 Å². The lowest BCUT2D eigenvalue weighted by Gasteiger charge is -2.33. The van der Waals surface area contributed by atoms with Gasteiger partial charge in [-0.3, -0.25) is 4.79 Å². The third-order valence-corrected chi connectivity index (χ3v) is 5.56. The predicted octanol–water partition coefficient (Wildman–Crippen LogP) is 2.41. The first-order valence-electron chi connectivity index (χ1n) is 8.91. The van der Waals surface area contributed by atoms with Crippen molar-refractivity contribution in [2.24, 2.45) is 11.8 Å². The van der Waals surface area contributed by atoms with Crippen LogP contribution in [0.15, 0.2) is 24.3 Å². The van der Waals surface area contributed by atoms with Crippen LogP contribution in [0.5, 0.6) is 28.7 Å². The van der Waals surface area contributed by atoms with E-state index in [1.165, 1.54) is 6.07 Å². The van der Waals surface area contributed by atoms with Gasteiger partial charge in [0.25, 0.3) is 0 Å². The van der Waals surface area contributed by atoms with Crippen molar-refractivity contribution < 1.29 is 30.0 Å². The van der Waals surface area contributed by atoms with Crippen molar-refractivity contribution in [3.05, 3.63) is 40.3 Å². The van der Waals surface area contributed by atoms with E-state index in [0.29, 0.717) is 34.4 Å². The highest BCUT2D eigenvalue weighted by Gasteiger charge is 2.38. The second-order valence-corrected chi connectivity index (χ2v) is 7.11. The van der Waals surface area contributed by atoms with Crippen LogP contribution in [-0.2, 0) is 4.79 Å². The standard InChI is InChI=1S/C21H20O6/c1-10-6-7-13-16(11-4-2-3-5-12(11)21(25)26)14-8-9-15(22)18(24)20(14)27-19(13)17(10)23/h6-9,11-12,22-24H,1-5H2,(H,25,26). The number of carboxylic acids is 1. The quantitative estimate of drug-likeness (QED) is 0.607. The molecule has 140 valence electrons. The van der Waals surface area contributed by atoms with Crippen LogP contribution in [-0.4, -0.2) is 26.4 Å². The Morgan fingerprint density at radius 1 is 1.00 bits per heavy atom. The van der Waals surface area contributed by atoms with Crippen molar-refractivity contribution in [2.45, 2.75) is 25.7 Å². The molecule has 2 aliphatic rings. The lowest BCUT2D eigenvalue weighted by atomic mass is 9.72. The van der Waals surface area contributed by atoms with Gasteiger partial charge in [0.05, 0.1) is 5.92 Å². The molecule has 1 heterocycles. The maximum atomic E-state index is 11.9. The summed E-state index contributed by atoms with van der Waals surface area (Å²) in [6.07, 6.45) is 2.99. The minimum atomic E-state index is -0.859. The van der Waals surface area contributed by atoms with Crippen molar-refractivity contribution in [1.82, 2.24) is 0 Å². The van der Waals surface area contributed by atoms with Crippen LogP contribution in [0.2, 0.25) is 0 Å². The fourth-order valence-corrected chi connectivity index (χ4v) is 4.22. The van der Waals surface area contributed by atoms with Gasteiger partial charge in [0.2, 0.25) is 5.75 Å². The van der Waals surface area contributed by atoms with E-state index in [0.717, 1.165) is 12.8 Å². The van der Waals surface area contributed by atoms with Gasteiger partial charge >= 0.3 is 5.97 Å². The van der Waals surface area contributed by atoms with Crippen LogP contribution in [0, 0.1) is 11.8 Å². The normalized spacial score (nSPS) is 21.1. The number of aliphatic carboxylic acids is 1. The average Bonchev–Trinajstić information content (AvgIpc) is 2.66. The van der Waals surface area contributed by atoms with Crippen molar-refractivity contribution in [1.29, 1.82) is 0 Å².